The molecule has 1 aromatic carbocycles. The van der Waals surface area contributed by atoms with Crippen molar-refractivity contribution in [3.8, 4) is 5.75 Å². The van der Waals surface area contributed by atoms with Gasteiger partial charge in [0.2, 0.25) is 29.1 Å². The highest BCUT2D eigenvalue weighted by Crippen LogP contribution is 2.29. The maximum Gasteiger partial charge on any atom is 0.815 e. The standard InChI is InChI=1S/C6HF5O.Al.2ClH/c7-1-2(8)4(10)6(12)5(11)3(1)9;;;/h12H;;2*1H/q;+3;;/p-3. The first-order valence-electron chi connectivity index (χ1n) is 3.32. The number of halogens is 7. The molecule has 9 heteroatoms. The van der Waals surface area contributed by atoms with Gasteiger partial charge in [0.05, 0.1) is 0 Å². The Morgan fingerprint density at radius 1 is 0.733 bits per heavy atom. The Hall–Kier alpha value is -0.218. The zero-order valence-electron chi connectivity index (χ0n) is 6.63. The first-order chi connectivity index (χ1) is 6.86. The predicted molar refractivity (Wildman–Crippen MR) is 44.3 cm³/mol. The summed E-state index contributed by atoms with van der Waals surface area (Å²) in [6.07, 6.45) is 0. The van der Waals surface area contributed by atoms with E-state index in [1.165, 1.54) is 0 Å². The van der Waals surface area contributed by atoms with Crippen LogP contribution in [0.4, 0.5) is 22.0 Å². The third-order valence-corrected chi connectivity index (χ3v) is 2.32. The second-order valence-corrected chi connectivity index (χ2v) is 6.08. The molecule has 0 radical (unpaired) electrons. The van der Waals surface area contributed by atoms with Crippen molar-refractivity contribution in [1.29, 1.82) is 0 Å². The molecule has 82 valence electrons. The lowest BCUT2D eigenvalue weighted by molar-refractivity contribution is 0.351. The van der Waals surface area contributed by atoms with E-state index in [1.807, 2.05) is 0 Å². The summed E-state index contributed by atoms with van der Waals surface area (Å²) >= 11 is -3.00. The molecule has 1 nitrogen and oxygen atoms in total. The molecular weight excluding hydrogens is 281 g/mol. The van der Waals surface area contributed by atoms with Gasteiger partial charge in [0.15, 0.2) is 5.75 Å². The molecule has 0 aliphatic carbocycles. The van der Waals surface area contributed by atoms with Crippen LogP contribution in [0.15, 0.2) is 0 Å². The monoisotopic (exact) mass is 280 g/mol. The lowest BCUT2D eigenvalue weighted by Gasteiger charge is -2.09. The minimum Gasteiger partial charge on any atom is -0.616 e. The van der Waals surface area contributed by atoms with Gasteiger partial charge in [-0.05, 0) is 0 Å². The third-order valence-electron chi connectivity index (χ3n) is 1.38. The fourth-order valence-corrected chi connectivity index (χ4v) is 1.70. The molecule has 0 bridgehead atoms. The summed E-state index contributed by atoms with van der Waals surface area (Å²) in [5, 5.41) is 0. The highest BCUT2D eigenvalue weighted by atomic mass is 35.7. The lowest BCUT2D eigenvalue weighted by atomic mass is 10.3. The molecule has 1 rings (SSSR count). The Morgan fingerprint density at radius 2 is 1.07 bits per heavy atom. The maximum absolute atomic E-state index is 12.8. The molecular formula is C6AlCl2F5O. The van der Waals surface area contributed by atoms with Crippen LogP contribution >= 0.6 is 20.1 Å². The average molecular weight is 281 g/mol. The zero-order chi connectivity index (χ0) is 11.7. The number of rotatable bonds is 2. The predicted octanol–water partition coefficient (Wildman–Crippen LogP) is 3.22. The molecule has 0 unspecified atom stereocenters. The first kappa shape index (κ1) is 12.9. The molecule has 0 amide bonds. The van der Waals surface area contributed by atoms with Gasteiger partial charge in [0.25, 0.3) is 0 Å². The van der Waals surface area contributed by atoms with Gasteiger partial charge < -0.3 is 3.79 Å². The Labute approximate surface area is 93.5 Å². The quantitative estimate of drug-likeness (QED) is 0.350. The summed E-state index contributed by atoms with van der Waals surface area (Å²) in [5.74, 6) is -12.1. The summed E-state index contributed by atoms with van der Waals surface area (Å²) in [5.41, 5.74) is 0. The molecule has 15 heavy (non-hydrogen) atoms. The van der Waals surface area contributed by atoms with E-state index in [0.29, 0.717) is 0 Å². The van der Waals surface area contributed by atoms with E-state index >= 15 is 0 Å². The van der Waals surface area contributed by atoms with E-state index in [1.54, 1.807) is 0 Å². The average Bonchev–Trinajstić information content (AvgIpc) is 2.18. The molecule has 0 N–H and O–H groups in total. The van der Waals surface area contributed by atoms with Gasteiger partial charge in [-0.25, -0.2) is 13.2 Å². The van der Waals surface area contributed by atoms with Crippen LogP contribution in [0, 0.1) is 29.1 Å². The van der Waals surface area contributed by atoms with Crippen LogP contribution in [0.2, 0.25) is 0 Å². The maximum atomic E-state index is 12.8. The number of hydrogen-bond donors (Lipinski definition) is 0. The molecule has 0 saturated carbocycles. The fraction of sp³-hybridized carbons (Fsp3) is 0. The van der Waals surface area contributed by atoms with E-state index in [9.17, 15) is 22.0 Å². The van der Waals surface area contributed by atoms with Crippen molar-refractivity contribution in [2.45, 2.75) is 0 Å². The Kier molecular flexibility index (Phi) is 4.07. The van der Waals surface area contributed by atoms with Gasteiger partial charge in [-0.1, -0.05) is 0 Å². The van der Waals surface area contributed by atoms with Crippen molar-refractivity contribution in [1.82, 2.24) is 0 Å². The Balaban J connectivity index is 3.39. The normalized spacial score (nSPS) is 10.3. The summed E-state index contributed by atoms with van der Waals surface area (Å²) in [7, 11) is 10.2. The fourth-order valence-electron chi connectivity index (χ4n) is 0.777. The van der Waals surface area contributed by atoms with E-state index in [4.69, 9.17) is 20.1 Å². The smallest absolute Gasteiger partial charge is 0.616 e. The zero-order valence-corrected chi connectivity index (χ0v) is 9.30. The van der Waals surface area contributed by atoms with Crippen LogP contribution < -0.4 is 3.79 Å². The van der Waals surface area contributed by atoms with Gasteiger partial charge >= 0.3 is 12.6 Å². The van der Waals surface area contributed by atoms with Crippen LogP contribution in [0.3, 0.4) is 0 Å². The van der Waals surface area contributed by atoms with Crippen LogP contribution in [-0.2, 0) is 0 Å². The molecule has 0 aliphatic heterocycles. The molecule has 0 heterocycles. The number of benzene rings is 1. The lowest BCUT2D eigenvalue weighted by Crippen LogP contribution is -2.12. The van der Waals surface area contributed by atoms with Gasteiger partial charge in [0, 0.05) is 0 Å². The first-order valence-corrected chi connectivity index (χ1v) is 7.28. The Morgan fingerprint density at radius 3 is 1.40 bits per heavy atom. The van der Waals surface area contributed by atoms with Gasteiger partial charge in [-0.2, -0.15) is 28.9 Å². The van der Waals surface area contributed by atoms with E-state index < -0.39 is 47.5 Å². The topological polar surface area (TPSA) is 9.23 Å². The largest absolute Gasteiger partial charge is 0.815 e. The van der Waals surface area contributed by atoms with Crippen LogP contribution in [0.25, 0.3) is 0 Å². The van der Waals surface area contributed by atoms with Gasteiger partial charge in [-0.15, -0.1) is 0 Å². The SMILES string of the molecule is Fc1c(F)c(F)c([O][Al]([Cl])[Cl])c(F)c1F. The second kappa shape index (κ2) is 4.75. The molecule has 0 spiro atoms. The molecule has 1 aromatic rings. The minimum absolute atomic E-state index is 1.45. The number of hydrogen-bond acceptors (Lipinski definition) is 1. The molecule has 0 fully saturated rings. The summed E-state index contributed by atoms with van der Waals surface area (Å²) in [6.45, 7) is 0. The summed E-state index contributed by atoms with van der Waals surface area (Å²) in [6, 6.07) is 0. The second-order valence-electron chi connectivity index (χ2n) is 2.28. The van der Waals surface area contributed by atoms with Crippen LogP contribution in [-0.4, -0.2) is 12.6 Å². The van der Waals surface area contributed by atoms with Gasteiger partial charge in [0.1, 0.15) is 0 Å². The van der Waals surface area contributed by atoms with E-state index in [0.717, 1.165) is 0 Å². The highest BCUT2D eigenvalue weighted by Gasteiger charge is 2.30. The van der Waals surface area contributed by atoms with Gasteiger partial charge in [-0.3, -0.25) is 0 Å². The van der Waals surface area contributed by atoms with Crippen molar-refractivity contribution in [2.24, 2.45) is 0 Å². The van der Waals surface area contributed by atoms with Crippen LogP contribution in [0.1, 0.15) is 0 Å². The van der Waals surface area contributed by atoms with Crippen molar-refractivity contribution in [3.05, 3.63) is 29.1 Å². The van der Waals surface area contributed by atoms with E-state index in [2.05, 4.69) is 3.79 Å². The van der Waals surface area contributed by atoms with E-state index in [-0.39, 0.29) is 0 Å². The van der Waals surface area contributed by atoms with Crippen molar-refractivity contribution < 1.29 is 25.7 Å². The minimum atomic E-state index is -3.00. The molecule has 0 aromatic heterocycles. The third kappa shape index (κ3) is 2.48. The highest BCUT2D eigenvalue weighted by molar-refractivity contribution is 7.31. The summed E-state index contributed by atoms with van der Waals surface area (Å²) < 4.78 is 67.4. The Bertz CT molecular complexity index is 371. The molecule has 0 aliphatic rings. The molecule has 0 atom stereocenters. The van der Waals surface area contributed by atoms with Crippen molar-refractivity contribution in [2.75, 3.05) is 0 Å². The van der Waals surface area contributed by atoms with Crippen molar-refractivity contribution >= 4 is 32.7 Å². The van der Waals surface area contributed by atoms with Crippen molar-refractivity contribution in [3.63, 3.8) is 0 Å². The van der Waals surface area contributed by atoms with Crippen LogP contribution in [0.5, 0.6) is 5.75 Å². The summed E-state index contributed by atoms with van der Waals surface area (Å²) in [4.78, 5) is 0. The molecule has 0 saturated heterocycles.